The van der Waals surface area contributed by atoms with E-state index in [0.717, 1.165) is 11.1 Å². The van der Waals surface area contributed by atoms with Gasteiger partial charge in [0.05, 0.1) is 11.8 Å². The monoisotopic (exact) mass is 327 g/mol. The number of rotatable bonds is 6. The molecule has 2 aromatic carbocycles. The summed E-state index contributed by atoms with van der Waals surface area (Å²) in [6, 6.07) is 15.5. The molecule has 0 aromatic heterocycles. The van der Waals surface area contributed by atoms with E-state index >= 15 is 0 Å². The van der Waals surface area contributed by atoms with Crippen molar-refractivity contribution in [3.8, 4) is 0 Å². The Kier molecular flexibility index (Phi) is 4.60. The van der Waals surface area contributed by atoms with Crippen LogP contribution in [0, 0.1) is 17.7 Å². The Bertz CT molecular complexity index is 730. The number of aliphatic carboxylic acids is 1. The molecule has 3 rings (SSSR count). The van der Waals surface area contributed by atoms with Crippen molar-refractivity contribution in [2.24, 2.45) is 11.8 Å². The summed E-state index contributed by atoms with van der Waals surface area (Å²) in [5.41, 5.74) is 1.79. The lowest BCUT2D eigenvalue weighted by Gasteiger charge is -2.23. The van der Waals surface area contributed by atoms with Gasteiger partial charge >= 0.3 is 5.97 Å². The average Bonchev–Trinajstić information content (AvgIpc) is 3.37. The Morgan fingerprint density at radius 2 is 1.54 bits per heavy atom. The number of carbonyl (C=O) groups is 2. The van der Waals surface area contributed by atoms with Crippen molar-refractivity contribution in [1.82, 2.24) is 4.90 Å². The first-order valence-electron chi connectivity index (χ1n) is 7.84. The van der Waals surface area contributed by atoms with Gasteiger partial charge in [0.2, 0.25) is 5.91 Å². The number of amides is 1. The maximum atomic E-state index is 13.1. The molecule has 1 N–H and O–H groups in total. The summed E-state index contributed by atoms with van der Waals surface area (Å²) in [5, 5.41) is 9.05. The molecule has 1 aliphatic rings. The summed E-state index contributed by atoms with van der Waals surface area (Å²) in [5.74, 6) is -2.44. The second-order valence-electron chi connectivity index (χ2n) is 6.09. The molecule has 0 heterocycles. The third-order valence-electron chi connectivity index (χ3n) is 4.24. The fraction of sp³-hybridized carbons (Fsp3) is 0.263. The number of nitrogens with zero attached hydrogens (tertiary/aromatic N) is 1. The third-order valence-corrected chi connectivity index (χ3v) is 4.24. The number of carbonyl (C=O) groups excluding carboxylic acids is 1. The fourth-order valence-corrected chi connectivity index (χ4v) is 2.80. The molecular formula is C19H18FNO3. The van der Waals surface area contributed by atoms with E-state index in [1.807, 2.05) is 30.3 Å². The van der Waals surface area contributed by atoms with Crippen LogP contribution in [0.25, 0.3) is 0 Å². The predicted molar refractivity (Wildman–Crippen MR) is 86.3 cm³/mol. The second kappa shape index (κ2) is 6.83. The van der Waals surface area contributed by atoms with E-state index in [9.17, 15) is 14.0 Å². The first-order chi connectivity index (χ1) is 11.5. The van der Waals surface area contributed by atoms with E-state index in [0.29, 0.717) is 19.5 Å². The minimum absolute atomic E-state index is 0.157. The second-order valence-corrected chi connectivity index (χ2v) is 6.09. The number of benzene rings is 2. The molecule has 4 nitrogen and oxygen atoms in total. The molecule has 0 bridgehead atoms. The molecule has 0 aliphatic heterocycles. The predicted octanol–water partition coefficient (Wildman–Crippen LogP) is 3.08. The van der Waals surface area contributed by atoms with E-state index in [1.54, 1.807) is 17.0 Å². The Morgan fingerprint density at radius 3 is 2.08 bits per heavy atom. The highest BCUT2D eigenvalue weighted by Gasteiger charge is 2.49. The SMILES string of the molecule is O=C(O)C1CC1C(=O)N(Cc1ccccc1)Cc1ccc(F)cc1. The van der Waals surface area contributed by atoms with Gasteiger partial charge in [-0.25, -0.2) is 4.39 Å². The highest BCUT2D eigenvalue weighted by molar-refractivity contribution is 5.89. The number of carboxylic acids is 1. The van der Waals surface area contributed by atoms with Crippen LogP contribution < -0.4 is 0 Å². The van der Waals surface area contributed by atoms with Crippen LogP contribution in [0.5, 0.6) is 0 Å². The normalized spacial score (nSPS) is 18.9. The number of carboxylic acid groups (broad SMARTS) is 1. The van der Waals surface area contributed by atoms with Crippen LogP contribution in [-0.4, -0.2) is 21.9 Å². The van der Waals surface area contributed by atoms with Crippen LogP contribution in [0.4, 0.5) is 4.39 Å². The van der Waals surface area contributed by atoms with Crippen LogP contribution in [0.1, 0.15) is 17.5 Å². The number of halogens is 1. The standard InChI is InChI=1S/C19H18FNO3/c20-15-8-6-14(7-9-15)12-21(11-13-4-2-1-3-5-13)18(22)16-10-17(16)19(23)24/h1-9,16-17H,10-12H2,(H,23,24). The van der Waals surface area contributed by atoms with Gasteiger partial charge in [-0.3, -0.25) is 9.59 Å². The molecule has 2 unspecified atom stereocenters. The minimum atomic E-state index is -0.921. The molecule has 0 spiro atoms. The van der Waals surface area contributed by atoms with Crippen LogP contribution in [0.2, 0.25) is 0 Å². The number of hydrogen-bond acceptors (Lipinski definition) is 2. The van der Waals surface area contributed by atoms with Crippen LogP contribution in [0.3, 0.4) is 0 Å². The molecule has 0 saturated heterocycles. The molecule has 1 saturated carbocycles. The highest BCUT2D eigenvalue weighted by Crippen LogP contribution is 2.40. The van der Waals surface area contributed by atoms with E-state index < -0.39 is 17.8 Å². The van der Waals surface area contributed by atoms with Gasteiger partial charge < -0.3 is 10.0 Å². The van der Waals surface area contributed by atoms with Gasteiger partial charge in [0, 0.05) is 13.1 Å². The summed E-state index contributed by atoms with van der Waals surface area (Å²) >= 11 is 0. The molecular weight excluding hydrogens is 309 g/mol. The lowest BCUT2D eigenvalue weighted by Crippen LogP contribution is -2.32. The maximum absolute atomic E-state index is 13.1. The lowest BCUT2D eigenvalue weighted by atomic mass is 10.1. The Hall–Kier alpha value is -2.69. The summed E-state index contributed by atoms with van der Waals surface area (Å²) in [6.07, 6.45) is 0.392. The fourth-order valence-electron chi connectivity index (χ4n) is 2.80. The molecule has 2 atom stereocenters. The maximum Gasteiger partial charge on any atom is 0.307 e. The van der Waals surface area contributed by atoms with Gasteiger partial charge in [-0.05, 0) is 29.7 Å². The first kappa shape index (κ1) is 16.2. The Morgan fingerprint density at radius 1 is 0.958 bits per heavy atom. The molecule has 1 aliphatic carbocycles. The van der Waals surface area contributed by atoms with Crippen LogP contribution in [-0.2, 0) is 22.7 Å². The Balaban J connectivity index is 1.76. The summed E-state index contributed by atoms with van der Waals surface area (Å²) < 4.78 is 13.1. The van der Waals surface area contributed by atoms with Crippen molar-refractivity contribution in [3.05, 3.63) is 71.5 Å². The largest absolute Gasteiger partial charge is 0.481 e. The van der Waals surface area contributed by atoms with Gasteiger partial charge in [-0.1, -0.05) is 42.5 Å². The van der Waals surface area contributed by atoms with Crippen molar-refractivity contribution in [2.45, 2.75) is 19.5 Å². The van der Waals surface area contributed by atoms with Gasteiger partial charge in [-0.15, -0.1) is 0 Å². The number of hydrogen-bond donors (Lipinski definition) is 1. The van der Waals surface area contributed by atoms with E-state index in [-0.39, 0.29) is 11.7 Å². The van der Waals surface area contributed by atoms with Crippen molar-refractivity contribution >= 4 is 11.9 Å². The van der Waals surface area contributed by atoms with Crippen molar-refractivity contribution in [2.75, 3.05) is 0 Å². The van der Waals surface area contributed by atoms with Gasteiger partial charge in [0.25, 0.3) is 0 Å². The zero-order valence-corrected chi connectivity index (χ0v) is 13.1. The third kappa shape index (κ3) is 3.79. The first-order valence-corrected chi connectivity index (χ1v) is 7.84. The van der Waals surface area contributed by atoms with E-state index in [2.05, 4.69) is 0 Å². The summed E-state index contributed by atoms with van der Waals surface area (Å²) in [4.78, 5) is 25.4. The molecule has 2 aromatic rings. The van der Waals surface area contributed by atoms with Crippen molar-refractivity contribution in [1.29, 1.82) is 0 Å². The summed E-state index contributed by atoms with van der Waals surface area (Å²) in [6.45, 7) is 0.733. The van der Waals surface area contributed by atoms with E-state index in [1.165, 1.54) is 12.1 Å². The molecule has 124 valence electrons. The molecule has 5 heteroatoms. The zero-order chi connectivity index (χ0) is 17.1. The van der Waals surface area contributed by atoms with Crippen LogP contribution >= 0.6 is 0 Å². The van der Waals surface area contributed by atoms with Gasteiger partial charge in [0.1, 0.15) is 5.82 Å². The van der Waals surface area contributed by atoms with E-state index in [4.69, 9.17) is 5.11 Å². The van der Waals surface area contributed by atoms with Crippen LogP contribution in [0.15, 0.2) is 54.6 Å². The lowest BCUT2D eigenvalue weighted by molar-refractivity contribution is -0.142. The molecule has 1 amide bonds. The molecule has 24 heavy (non-hydrogen) atoms. The highest BCUT2D eigenvalue weighted by atomic mass is 19.1. The average molecular weight is 327 g/mol. The van der Waals surface area contributed by atoms with Gasteiger partial charge in [-0.2, -0.15) is 0 Å². The van der Waals surface area contributed by atoms with Crippen molar-refractivity contribution in [3.63, 3.8) is 0 Å². The molecule has 0 radical (unpaired) electrons. The minimum Gasteiger partial charge on any atom is -0.481 e. The zero-order valence-electron chi connectivity index (χ0n) is 13.1. The Labute approximate surface area is 139 Å². The molecule has 1 fully saturated rings. The van der Waals surface area contributed by atoms with Crippen molar-refractivity contribution < 1.29 is 19.1 Å². The van der Waals surface area contributed by atoms with Gasteiger partial charge in [0.15, 0.2) is 0 Å². The quantitative estimate of drug-likeness (QED) is 0.887. The topological polar surface area (TPSA) is 57.6 Å². The summed E-state index contributed by atoms with van der Waals surface area (Å²) in [7, 11) is 0. The smallest absolute Gasteiger partial charge is 0.307 e.